The van der Waals surface area contributed by atoms with Gasteiger partial charge in [-0.2, -0.15) is 0 Å². The molecule has 150 valence electrons. The Morgan fingerprint density at radius 3 is 2.79 bits per heavy atom. The van der Waals surface area contributed by atoms with Crippen LogP contribution >= 0.6 is 0 Å². The molecule has 0 saturated carbocycles. The molecule has 3 aliphatic rings. The molecular formula is C23H33N5. The first-order chi connectivity index (χ1) is 13.8. The average Bonchev–Trinajstić information content (AvgIpc) is 3.19. The molecule has 1 aromatic heterocycles. The zero-order chi connectivity index (χ0) is 18.9. The Morgan fingerprint density at radius 1 is 1.07 bits per heavy atom. The Balaban J connectivity index is 1.37. The molecular weight excluding hydrogens is 346 g/mol. The summed E-state index contributed by atoms with van der Waals surface area (Å²) < 4.78 is 2.19. The number of hydrogen-bond donors (Lipinski definition) is 0. The monoisotopic (exact) mass is 379 g/mol. The molecule has 3 saturated heterocycles. The fourth-order valence-corrected chi connectivity index (χ4v) is 6.14. The maximum atomic E-state index is 4.40. The second kappa shape index (κ2) is 7.96. The summed E-state index contributed by atoms with van der Waals surface area (Å²) in [5.41, 5.74) is 1.50. The molecule has 5 nitrogen and oxygen atoms in total. The maximum Gasteiger partial charge on any atom is 0.146 e. The van der Waals surface area contributed by atoms with Crippen LogP contribution in [0, 0.1) is 11.8 Å². The number of hydrogen-bond acceptors (Lipinski definition) is 4. The van der Waals surface area contributed by atoms with E-state index in [1.807, 2.05) is 6.33 Å². The van der Waals surface area contributed by atoms with Crippen molar-refractivity contribution in [3.05, 3.63) is 48.0 Å². The molecule has 5 rings (SSSR count). The van der Waals surface area contributed by atoms with E-state index in [-0.39, 0.29) is 0 Å². The number of aromatic nitrogens is 3. The van der Waals surface area contributed by atoms with Gasteiger partial charge >= 0.3 is 0 Å². The van der Waals surface area contributed by atoms with Crippen molar-refractivity contribution in [2.75, 3.05) is 19.6 Å². The van der Waals surface area contributed by atoms with E-state index in [4.69, 9.17) is 0 Å². The first-order valence-electron chi connectivity index (χ1n) is 11.2. The van der Waals surface area contributed by atoms with Gasteiger partial charge in [0.05, 0.1) is 6.54 Å². The highest BCUT2D eigenvalue weighted by atomic mass is 15.3. The van der Waals surface area contributed by atoms with Crippen LogP contribution in [0.15, 0.2) is 36.7 Å². The zero-order valence-corrected chi connectivity index (χ0v) is 17.1. The van der Waals surface area contributed by atoms with E-state index in [9.17, 15) is 0 Å². The van der Waals surface area contributed by atoms with Crippen LogP contribution < -0.4 is 0 Å². The van der Waals surface area contributed by atoms with Crippen molar-refractivity contribution < 1.29 is 0 Å². The molecule has 0 unspecified atom stereocenters. The van der Waals surface area contributed by atoms with Gasteiger partial charge < -0.3 is 4.57 Å². The lowest BCUT2D eigenvalue weighted by molar-refractivity contribution is -0.0735. The molecule has 4 heterocycles. The van der Waals surface area contributed by atoms with E-state index in [0.29, 0.717) is 6.04 Å². The van der Waals surface area contributed by atoms with Gasteiger partial charge in [0.1, 0.15) is 12.2 Å². The highest BCUT2D eigenvalue weighted by Crippen LogP contribution is 2.42. The first kappa shape index (κ1) is 18.3. The number of rotatable bonds is 5. The third-order valence-corrected chi connectivity index (χ3v) is 7.39. The van der Waals surface area contributed by atoms with E-state index in [2.05, 4.69) is 61.8 Å². The van der Waals surface area contributed by atoms with Gasteiger partial charge in [-0.3, -0.25) is 9.80 Å². The van der Waals surface area contributed by atoms with Crippen LogP contribution in [0.1, 0.15) is 44.0 Å². The normalized spacial score (nSPS) is 30.9. The summed E-state index contributed by atoms with van der Waals surface area (Å²) >= 11 is 0. The highest BCUT2D eigenvalue weighted by molar-refractivity contribution is 5.17. The summed E-state index contributed by atoms with van der Waals surface area (Å²) in [6.45, 7) is 7.81. The van der Waals surface area contributed by atoms with Gasteiger partial charge in [0.15, 0.2) is 0 Å². The molecule has 2 aromatic rings. The molecule has 0 aliphatic carbocycles. The van der Waals surface area contributed by atoms with Gasteiger partial charge in [-0.15, -0.1) is 10.2 Å². The predicted octanol–water partition coefficient (Wildman–Crippen LogP) is 3.22. The SMILES string of the molecule is CCn1cnnc1CN1C[C@H]2C[C@@H](C1)[C@H](Cc1ccccc1)N1CCCC[C@@H]21. The van der Waals surface area contributed by atoms with E-state index in [1.54, 1.807) is 0 Å². The quantitative estimate of drug-likeness (QED) is 0.799. The molecule has 3 fully saturated rings. The lowest BCUT2D eigenvalue weighted by Gasteiger charge is -2.57. The third kappa shape index (κ3) is 3.50. The van der Waals surface area contributed by atoms with E-state index >= 15 is 0 Å². The predicted molar refractivity (Wildman–Crippen MR) is 111 cm³/mol. The second-order valence-corrected chi connectivity index (χ2v) is 9.04. The largest absolute Gasteiger partial charge is 0.317 e. The van der Waals surface area contributed by atoms with Crippen molar-refractivity contribution in [1.29, 1.82) is 0 Å². The van der Waals surface area contributed by atoms with Gasteiger partial charge in [-0.05, 0) is 56.6 Å². The summed E-state index contributed by atoms with van der Waals surface area (Å²) in [6, 6.07) is 12.6. The zero-order valence-electron chi connectivity index (χ0n) is 17.1. The standard InChI is InChI=1S/C23H33N5/c1-2-27-17-24-25-23(27)16-26-14-19-13-20(15-26)22(12-18-8-4-3-5-9-18)28-11-7-6-10-21(19)28/h3-5,8-9,17,19-22H,2,6-7,10-16H2,1H3/t19-,20+,21+,22+/m1/s1. The number of likely N-dealkylation sites (tertiary alicyclic amines) is 1. The molecule has 5 heteroatoms. The summed E-state index contributed by atoms with van der Waals surface area (Å²) in [7, 11) is 0. The van der Waals surface area contributed by atoms with E-state index < -0.39 is 0 Å². The lowest BCUT2D eigenvalue weighted by Crippen LogP contribution is -2.63. The van der Waals surface area contributed by atoms with Crippen molar-refractivity contribution in [3.8, 4) is 0 Å². The number of benzene rings is 1. The Kier molecular flexibility index (Phi) is 5.20. The smallest absolute Gasteiger partial charge is 0.146 e. The molecule has 28 heavy (non-hydrogen) atoms. The number of nitrogens with zero attached hydrogens (tertiary/aromatic N) is 5. The molecule has 0 spiro atoms. The minimum atomic E-state index is 0.691. The van der Waals surface area contributed by atoms with E-state index in [1.165, 1.54) is 57.3 Å². The summed E-state index contributed by atoms with van der Waals surface area (Å²) in [5.74, 6) is 2.72. The van der Waals surface area contributed by atoms with Crippen molar-refractivity contribution in [3.63, 3.8) is 0 Å². The summed E-state index contributed by atoms with van der Waals surface area (Å²) in [4.78, 5) is 5.60. The average molecular weight is 380 g/mol. The second-order valence-electron chi connectivity index (χ2n) is 9.04. The van der Waals surface area contributed by atoms with Crippen molar-refractivity contribution in [1.82, 2.24) is 24.6 Å². The fourth-order valence-electron chi connectivity index (χ4n) is 6.14. The van der Waals surface area contributed by atoms with Gasteiger partial charge in [-0.1, -0.05) is 36.8 Å². The Hall–Kier alpha value is -1.72. The molecule has 2 bridgehead atoms. The van der Waals surface area contributed by atoms with Crippen molar-refractivity contribution >= 4 is 0 Å². The number of fused-ring (bicyclic) bond motifs is 4. The highest BCUT2D eigenvalue weighted by Gasteiger charge is 2.46. The molecule has 0 amide bonds. The van der Waals surface area contributed by atoms with Gasteiger partial charge in [0.25, 0.3) is 0 Å². The third-order valence-electron chi connectivity index (χ3n) is 7.39. The summed E-state index contributed by atoms with van der Waals surface area (Å²) in [5, 5.41) is 8.55. The van der Waals surface area contributed by atoms with Crippen LogP contribution in [0.5, 0.6) is 0 Å². The van der Waals surface area contributed by atoms with Crippen LogP contribution in [0.4, 0.5) is 0 Å². The van der Waals surface area contributed by atoms with Crippen LogP contribution in [-0.2, 0) is 19.5 Å². The van der Waals surface area contributed by atoms with Crippen LogP contribution in [0.2, 0.25) is 0 Å². The van der Waals surface area contributed by atoms with Crippen LogP contribution in [-0.4, -0.2) is 56.3 Å². The molecule has 0 N–H and O–H groups in total. The molecule has 1 aromatic carbocycles. The minimum absolute atomic E-state index is 0.691. The van der Waals surface area contributed by atoms with E-state index in [0.717, 1.165) is 36.8 Å². The van der Waals surface area contributed by atoms with Crippen molar-refractivity contribution in [2.24, 2.45) is 11.8 Å². The summed E-state index contributed by atoms with van der Waals surface area (Å²) in [6.07, 6.45) is 8.67. The Bertz CT molecular complexity index is 772. The Labute approximate surface area is 168 Å². The van der Waals surface area contributed by atoms with Crippen LogP contribution in [0.3, 0.4) is 0 Å². The van der Waals surface area contributed by atoms with Gasteiger partial charge in [-0.25, -0.2) is 0 Å². The number of aryl methyl sites for hydroxylation is 1. The minimum Gasteiger partial charge on any atom is -0.317 e. The Morgan fingerprint density at radius 2 is 1.93 bits per heavy atom. The number of piperidine rings is 3. The van der Waals surface area contributed by atoms with Gasteiger partial charge in [0, 0.05) is 31.7 Å². The molecule has 0 radical (unpaired) electrons. The van der Waals surface area contributed by atoms with Crippen LogP contribution in [0.25, 0.3) is 0 Å². The lowest BCUT2D eigenvalue weighted by atomic mass is 9.71. The van der Waals surface area contributed by atoms with Gasteiger partial charge in [0.2, 0.25) is 0 Å². The molecule has 4 atom stereocenters. The topological polar surface area (TPSA) is 37.2 Å². The van der Waals surface area contributed by atoms with Crippen molar-refractivity contribution in [2.45, 2.75) is 64.2 Å². The fraction of sp³-hybridized carbons (Fsp3) is 0.652. The maximum absolute atomic E-state index is 4.40. The molecule has 3 aliphatic heterocycles. The first-order valence-corrected chi connectivity index (χ1v) is 11.2.